The Balaban J connectivity index is 1.58. The summed E-state index contributed by atoms with van der Waals surface area (Å²) in [6.45, 7) is 4.26. The Morgan fingerprint density at radius 1 is 0.977 bits per heavy atom. The average Bonchev–Trinajstić information content (AvgIpc) is 3.46. The van der Waals surface area contributed by atoms with Crippen LogP contribution in [0.5, 0.6) is 11.5 Å². The van der Waals surface area contributed by atoms with Crippen molar-refractivity contribution >= 4 is 39.1 Å². The lowest BCUT2D eigenvalue weighted by molar-refractivity contribution is -0.141. The highest BCUT2D eigenvalue weighted by molar-refractivity contribution is 7.92. The molecule has 0 unspecified atom stereocenters. The molecule has 3 aromatic rings. The molecule has 4 rings (SSSR count). The number of sulfonamides is 1. The van der Waals surface area contributed by atoms with Crippen LogP contribution in [0.4, 0.5) is 5.69 Å². The molecule has 11 heteroatoms. The van der Waals surface area contributed by atoms with Crippen molar-refractivity contribution in [2.45, 2.75) is 58.2 Å². The second kappa shape index (κ2) is 14.6. The molecular weight excluding hydrogens is 590 g/mol. The molecule has 2 atom stereocenters. The van der Waals surface area contributed by atoms with Crippen LogP contribution in [-0.4, -0.2) is 56.8 Å². The number of amides is 2. The number of benzene rings is 3. The van der Waals surface area contributed by atoms with Gasteiger partial charge in [-0.3, -0.25) is 13.9 Å². The summed E-state index contributed by atoms with van der Waals surface area (Å²) in [4.78, 5) is 29.2. The van der Waals surface area contributed by atoms with Gasteiger partial charge in [0.2, 0.25) is 28.6 Å². The van der Waals surface area contributed by atoms with Crippen LogP contribution < -0.4 is 19.1 Å². The Morgan fingerprint density at radius 2 is 1.67 bits per heavy atom. The maximum absolute atomic E-state index is 13.9. The van der Waals surface area contributed by atoms with E-state index in [-0.39, 0.29) is 50.6 Å². The number of nitrogens with zero attached hydrogens (tertiary/aromatic N) is 2. The highest BCUT2D eigenvalue weighted by Crippen LogP contribution is 2.36. The molecule has 0 saturated carbocycles. The molecule has 0 aromatic heterocycles. The molecule has 0 fully saturated rings. The lowest BCUT2D eigenvalue weighted by atomic mass is 10.0. The summed E-state index contributed by atoms with van der Waals surface area (Å²) >= 11 is 6.11. The molecule has 1 aliphatic heterocycles. The highest BCUT2D eigenvalue weighted by atomic mass is 35.5. The van der Waals surface area contributed by atoms with E-state index in [2.05, 4.69) is 5.32 Å². The number of carbonyl (C=O) groups excluding carboxylic acids is 2. The lowest BCUT2D eigenvalue weighted by Gasteiger charge is -2.32. The van der Waals surface area contributed by atoms with Gasteiger partial charge in [0, 0.05) is 43.1 Å². The van der Waals surface area contributed by atoms with Gasteiger partial charge in [0.15, 0.2) is 11.5 Å². The predicted molar refractivity (Wildman–Crippen MR) is 168 cm³/mol. The molecule has 43 heavy (non-hydrogen) atoms. The van der Waals surface area contributed by atoms with Gasteiger partial charge in [-0.1, -0.05) is 61.0 Å². The van der Waals surface area contributed by atoms with Gasteiger partial charge >= 0.3 is 0 Å². The van der Waals surface area contributed by atoms with Crippen LogP contribution in [-0.2, 0) is 32.6 Å². The third kappa shape index (κ3) is 8.87. The second-order valence-electron chi connectivity index (χ2n) is 10.6. The summed E-state index contributed by atoms with van der Waals surface area (Å²) in [6.07, 6.45) is 2.47. The number of anilines is 1. The Bertz CT molecular complexity index is 1500. The first-order valence-electron chi connectivity index (χ1n) is 14.3. The number of hydrogen-bond acceptors (Lipinski definition) is 6. The number of fused-ring (bicyclic) bond motifs is 1. The van der Waals surface area contributed by atoms with Gasteiger partial charge in [0.05, 0.1) is 11.9 Å². The predicted octanol–water partition coefficient (Wildman–Crippen LogP) is 5.17. The Hall–Kier alpha value is -3.76. The molecule has 0 bridgehead atoms. The molecule has 3 aromatic carbocycles. The minimum absolute atomic E-state index is 0.0338. The molecule has 0 aliphatic carbocycles. The molecule has 2 amide bonds. The van der Waals surface area contributed by atoms with Crippen LogP contribution in [0.3, 0.4) is 0 Å². The van der Waals surface area contributed by atoms with Crippen molar-refractivity contribution in [1.29, 1.82) is 0 Å². The van der Waals surface area contributed by atoms with E-state index in [1.165, 1.54) is 4.31 Å². The SMILES string of the molecule is CC[C@H](C)NC(=O)[C@@H](Cc1ccccc1)N(Cc1ccc(Cl)cc1)C(=O)CCCN(c1ccc2c(c1)OCO2)S(C)(=O)=O. The van der Waals surface area contributed by atoms with Crippen molar-refractivity contribution in [3.63, 3.8) is 0 Å². The van der Waals surface area contributed by atoms with E-state index in [1.54, 1.807) is 35.2 Å². The van der Waals surface area contributed by atoms with E-state index in [0.29, 0.717) is 28.6 Å². The largest absolute Gasteiger partial charge is 0.454 e. The van der Waals surface area contributed by atoms with Crippen LogP contribution in [0.1, 0.15) is 44.2 Å². The van der Waals surface area contributed by atoms with Crippen molar-refractivity contribution in [3.8, 4) is 11.5 Å². The monoisotopic (exact) mass is 627 g/mol. The molecular formula is C32H38ClN3O6S. The molecule has 1 aliphatic rings. The molecule has 0 spiro atoms. The molecule has 0 radical (unpaired) electrons. The maximum Gasteiger partial charge on any atom is 0.243 e. The van der Waals surface area contributed by atoms with Crippen molar-refractivity contribution < 1.29 is 27.5 Å². The summed E-state index contributed by atoms with van der Waals surface area (Å²) in [5.41, 5.74) is 2.17. The van der Waals surface area contributed by atoms with Crippen LogP contribution in [0.2, 0.25) is 5.02 Å². The number of carbonyl (C=O) groups is 2. The summed E-state index contributed by atoms with van der Waals surface area (Å²) in [6, 6.07) is 20.8. The first-order chi connectivity index (χ1) is 20.5. The number of hydrogen-bond donors (Lipinski definition) is 1. The number of rotatable bonds is 14. The van der Waals surface area contributed by atoms with Gasteiger partial charge in [-0.25, -0.2) is 8.42 Å². The molecule has 230 valence electrons. The average molecular weight is 628 g/mol. The van der Waals surface area contributed by atoms with Crippen LogP contribution in [0, 0.1) is 0 Å². The number of halogens is 1. The third-order valence-electron chi connectivity index (χ3n) is 7.33. The normalized spacial score (nSPS) is 13.7. The zero-order valence-corrected chi connectivity index (χ0v) is 26.2. The minimum Gasteiger partial charge on any atom is -0.454 e. The quantitative estimate of drug-likeness (QED) is 0.264. The molecule has 1 N–H and O–H groups in total. The van der Waals surface area contributed by atoms with E-state index in [1.807, 2.05) is 56.3 Å². The fourth-order valence-electron chi connectivity index (χ4n) is 4.83. The van der Waals surface area contributed by atoms with E-state index in [4.69, 9.17) is 21.1 Å². The Labute approximate surface area is 258 Å². The lowest BCUT2D eigenvalue weighted by Crippen LogP contribution is -2.52. The number of nitrogens with one attached hydrogen (secondary N) is 1. The van der Waals surface area contributed by atoms with Crippen LogP contribution >= 0.6 is 11.6 Å². The Morgan fingerprint density at radius 3 is 2.35 bits per heavy atom. The topological polar surface area (TPSA) is 105 Å². The van der Waals surface area contributed by atoms with Gasteiger partial charge < -0.3 is 19.7 Å². The summed E-state index contributed by atoms with van der Waals surface area (Å²) < 4.78 is 37.5. The maximum atomic E-state index is 13.9. The fourth-order valence-corrected chi connectivity index (χ4v) is 5.91. The summed E-state index contributed by atoms with van der Waals surface area (Å²) in [5, 5.41) is 3.62. The molecule has 9 nitrogen and oxygen atoms in total. The first-order valence-corrected chi connectivity index (χ1v) is 16.5. The smallest absolute Gasteiger partial charge is 0.243 e. The highest BCUT2D eigenvalue weighted by Gasteiger charge is 2.31. The molecule has 0 saturated heterocycles. The standard InChI is InChI=1S/C32H38ClN3O6S/c1-4-23(2)34-32(38)28(19-24-9-6-5-7-10-24)35(21-25-12-14-26(33)15-13-25)31(37)11-8-18-36(43(3,39)40)27-16-17-29-30(20-27)42-22-41-29/h5-7,9-10,12-17,20,23,28H,4,8,11,18-19,21-22H2,1-3H3,(H,34,38)/t23-,28+/m0/s1. The first kappa shape index (κ1) is 32.2. The van der Waals surface area contributed by atoms with E-state index in [9.17, 15) is 18.0 Å². The van der Waals surface area contributed by atoms with Gasteiger partial charge in [-0.15, -0.1) is 0 Å². The molecule has 1 heterocycles. The zero-order valence-electron chi connectivity index (χ0n) is 24.7. The van der Waals surface area contributed by atoms with Crippen LogP contribution in [0.15, 0.2) is 72.8 Å². The summed E-state index contributed by atoms with van der Waals surface area (Å²) in [5.74, 6) is 0.519. The minimum atomic E-state index is -3.66. The van der Waals surface area contributed by atoms with Crippen molar-refractivity contribution in [2.75, 3.05) is 23.9 Å². The number of ether oxygens (including phenoxy) is 2. The third-order valence-corrected chi connectivity index (χ3v) is 8.78. The van der Waals surface area contributed by atoms with E-state index >= 15 is 0 Å². The van der Waals surface area contributed by atoms with Crippen molar-refractivity contribution in [1.82, 2.24) is 10.2 Å². The van der Waals surface area contributed by atoms with E-state index in [0.717, 1.165) is 23.8 Å². The van der Waals surface area contributed by atoms with Crippen molar-refractivity contribution in [3.05, 3.63) is 88.9 Å². The fraction of sp³-hybridized carbons (Fsp3) is 0.375. The van der Waals surface area contributed by atoms with Crippen molar-refractivity contribution in [2.24, 2.45) is 0 Å². The van der Waals surface area contributed by atoms with Gasteiger partial charge in [0.1, 0.15) is 6.04 Å². The van der Waals surface area contributed by atoms with Gasteiger partial charge in [-0.2, -0.15) is 0 Å². The van der Waals surface area contributed by atoms with E-state index < -0.39 is 16.1 Å². The van der Waals surface area contributed by atoms with Gasteiger partial charge in [-0.05, 0) is 55.2 Å². The summed E-state index contributed by atoms with van der Waals surface area (Å²) in [7, 11) is -3.66. The zero-order chi connectivity index (χ0) is 31.0. The second-order valence-corrected chi connectivity index (χ2v) is 13.0. The van der Waals surface area contributed by atoms with Gasteiger partial charge in [0.25, 0.3) is 0 Å². The van der Waals surface area contributed by atoms with Crippen LogP contribution in [0.25, 0.3) is 0 Å². The Kier molecular flexibility index (Phi) is 10.9.